The van der Waals surface area contributed by atoms with E-state index in [0.29, 0.717) is 11.8 Å². The normalized spacial score (nSPS) is 11.0. The summed E-state index contributed by atoms with van der Waals surface area (Å²) in [5.74, 6) is 1.71. The van der Waals surface area contributed by atoms with E-state index in [0.717, 1.165) is 11.4 Å². The fraction of sp³-hybridized carbons (Fsp3) is 0.222. The largest absolute Gasteiger partial charge is 0.340 e. The minimum absolute atomic E-state index is 0. The van der Waals surface area contributed by atoms with Gasteiger partial charge in [0.15, 0.2) is 0 Å². The smallest absolute Gasteiger partial charge is 0.0602 e. The zero-order valence-electron chi connectivity index (χ0n) is 17.9. The number of nitrogens with zero attached hydrogens (tertiary/aromatic N) is 2. The van der Waals surface area contributed by atoms with Gasteiger partial charge in [-0.3, -0.25) is 4.98 Å². The second-order valence-electron chi connectivity index (χ2n) is 8.08. The standard InChI is InChI=1S/C27H27N2.Ir/c1-19(2)24-17-23(21-11-7-5-8-12-21)18-25(20(3)4)26(24)29-16-15-28-27(29)22-13-9-6-10-14-22;/h5-13,15-20H,1-4H3;/q-1;. The molecule has 3 heteroatoms. The number of imidazole rings is 1. The van der Waals surface area contributed by atoms with Crippen LogP contribution in [-0.4, -0.2) is 9.55 Å². The monoisotopic (exact) mass is 572 g/mol. The number of hydrogen-bond donors (Lipinski definition) is 0. The van der Waals surface area contributed by atoms with E-state index >= 15 is 0 Å². The summed E-state index contributed by atoms with van der Waals surface area (Å²) >= 11 is 0. The van der Waals surface area contributed by atoms with Gasteiger partial charge in [-0.15, -0.1) is 35.9 Å². The quantitative estimate of drug-likeness (QED) is 0.231. The van der Waals surface area contributed by atoms with Crippen molar-refractivity contribution in [1.82, 2.24) is 9.55 Å². The Bertz CT molecular complexity index is 1070. The predicted octanol–water partition coefficient (Wildman–Crippen LogP) is 7.25. The molecule has 0 aliphatic rings. The van der Waals surface area contributed by atoms with Gasteiger partial charge in [0.1, 0.15) is 0 Å². The summed E-state index contributed by atoms with van der Waals surface area (Å²) in [6.07, 6.45) is 3.96. The Kier molecular flexibility index (Phi) is 7.07. The maximum atomic E-state index is 4.68. The molecule has 0 atom stereocenters. The molecule has 0 bridgehead atoms. The first-order valence-corrected chi connectivity index (χ1v) is 10.3. The van der Waals surface area contributed by atoms with Gasteiger partial charge < -0.3 is 4.57 Å². The average molecular weight is 572 g/mol. The fourth-order valence-corrected chi connectivity index (χ4v) is 3.85. The molecule has 0 aliphatic heterocycles. The molecule has 3 aromatic carbocycles. The fourth-order valence-electron chi connectivity index (χ4n) is 3.85. The summed E-state index contributed by atoms with van der Waals surface area (Å²) in [5.41, 5.74) is 7.46. The molecule has 0 aliphatic carbocycles. The van der Waals surface area contributed by atoms with Gasteiger partial charge in [-0.2, -0.15) is 0 Å². The van der Waals surface area contributed by atoms with Crippen LogP contribution in [0.4, 0.5) is 0 Å². The van der Waals surface area contributed by atoms with E-state index in [1.54, 1.807) is 0 Å². The third-order valence-corrected chi connectivity index (χ3v) is 5.35. The molecule has 1 heterocycles. The van der Waals surface area contributed by atoms with Gasteiger partial charge in [0.2, 0.25) is 0 Å². The molecule has 0 spiro atoms. The Labute approximate surface area is 193 Å². The van der Waals surface area contributed by atoms with E-state index < -0.39 is 0 Å². The first-order chi connectivity index (χ1) is 14.1. The van der Waals surface area contributed by atoms with Crippen LogP contribution in [0.3, 0.4) is 0 Å². The minimum atomic E-state index is 0. The molecule has 0 saturated carbocycles. The van der Waals surface area contributed by atoms with Crippen LogP contribution in [-0.2, 0) is 20.1 Å². The molecule has 4 rings (SSSR count). The van der Waals surface area contributed by atoms with Gasteiger partial charge in [0.05, 0.1) is 5.82 Å². The van der Waals surface area contributed by atoms with Crippen molar-refractivity contribution >= 4 is 0 Å². The van der Waals surface area contributed by atoms with Crippen molar-refractivity contribution < 1.29 is 20.1 Å². The molecule has 0 amide bonds. The molecule has 155 valence electrons. The van der Waals surface area contributed by atoms with Crippen molar-refractivity contribution in [3.8, 4) is 28.2 Å². The average Bonchev–Trinajstić information content (AvgIpc) is 3.23. The molecule has 4 aromatic rings. The molecule has 0 N–H and O–H groups in total. The van der Waals surface area contributed by atoms with E-state index in [2.05, 4.69) is 98.0 Å². The van der Waals surface area contributed by atoms with Crippen molar-refractivity contribution in [3.05, 3.63) is 96.3 Å². The molecule has 0 saturated heterocycles. The van der Waals surface area contributed by atoms with Crippen LogP contribution >= 0.6 is 0 Å². The molecule has 2 nitrogen and oxygen atoms in total. The van der Waals surface area contributed by atoms with E-state index in [-0.39, 0.29) is 20.1 Å². The van der Waals surface area contributed by atoms with Crippen LogP contribution in [0.5, 0.6) is 0 Å². The van der Waals surface area contributed by atoms with Crippen molar-refractivity contribution in [2.24, 2.45) is 0 Å². The van der Waals surface area contributed by atoms with Crippen LogP contribution in [0.1, 0.15) is 50.7 Å². The summed E-state index contributed by atoms with van der Waals surface area (Å²) in [6, 6.07) is 26.7. The van der Waals surface area contributed by atoms with Crippen LogP contribution in [0.2, 0.25) is 0 Å². The Morgan fingerprint density at radius 2 is 1.43 bits per heavy atom. The second kappa shape index (κ2) is 9.55. The summed E-state index contributed by atoms with van der Waals surface area (Å²) in [6.45, 7) is 9.07. The Morgan fingerprint density at radius 3 is 2.00 bits per heavy atom. The first kappa shape index (κ1) is 22.2. The number of rotatable bonds is 5. The predicted molar refractivity (Wildman–Crippen MR) is 121 cm³/mol. The summed E-state index contributed by atoms with van der Waals surface area (Å²) in [7, 11) is 0. The topological polar surface area (TPSA) is 17.8 Å². The first-order valence-electron chi connectivity index (χ1n) is 10.3. The molecule has 30 heavy (non-hydrogen) atoms. The van der Waals surface area contributed by atoms with E-state index in [9.17, 15) is 0 Å². The van der Waals surface area contributed by atoms with Crippen molar-refractivity contribution in [2.75, 3.05) is 0 Å². The second-order valence-corrected chi connectivity index (χ2v) is 8.08. The van der Waals surface area contributed by atoms with E-state index in [1.807, 2.05) is 24.4 Å². The Morgan fingerprint density at radius 1 is 0.800 bits per heavy atom. The van der Waals surface area contributed by atoms with Gasteiger partial charge in [0.25, 0.3) is 0 Å². The maximum absolute atomic E-state index is 4.68. The van der Waals surface area contributed by atoms with Crippen molar-refractivity contribution in [2.45, 2.75) is 39.5 Å². The van der Waals surface area contributed by atoms with Crippen LogP contribution in [0, 0.1) is 6.07 Å². The van der Waals surface area contributed by atoms with Crippen molar-refractivity contribution in [3.63, 3.8) is 0 Å². The van der Waals surface area contributed by atoms with Crippen LogP contribution in [0.25, 0.3) is 28.2 Å². The number of hydrogen-bond acceptors (Lipinski definition) is 1. The van der Waals surface area contributed by atoms with Crippen LogP contribution < -0.4 is 0 Å². The zero-order chi connectivity index (χ0) is 20.4. The Balaban J connectivity index is 0.00000256. The summed E-state index contributed by atoms with van der Waals surface area (Å²) in [5, 5.41) is 0. The van der Waals surface area contributed by atoms with Crippen molar-refractivity contribution in [1.29, 1.82) is 0 Å². The third kappa shape index (κ3) is 4.33. The summed E-state index contributed by atoms with van der Waals surface area (Å²) in [4.78, 5) is 4.68. The zero-order valence-corrected chi connectivity index (χ0v) is 20.3. The molecule has 1 aromatic heterocycles. The minimum Gasteiger partial charge on any atom is -0.340 e. The summed E-state index contributed by atoms with van der Waals surface area (Å²) < 4.78 is 2.24. The van der Waals surface area contributed by atoms with Crippen LogP contribution in [0.15, 0.2) is 79.1 Å². The maximum Gasteiger partial charge on any atom is 0.0602 e. The number of benzene rings is 3. The van der Waals surface area contributed by atoms with Gasteiger partial charge in [-0.1, -0.05) is 58.0 Å². The number of aromatic nitrogens is 2. The van der Waals surface area contributed by atoms with Gasteiger partial charge in [0, 0.05) is 38.2 Å². The molecule has 0 fully saturated rings. The third-order valence-electron chi connectivity index (χ3n) is 5.35. The van der Waals surface area contributed by atoms with Gasteiger partial charge in [-0.05, 0) is 46.2 Å². The van der Waals surface area contributed by atoms with E-state index in [1.165, 1.54) is 27.9 Å². The SMILES string of the molecule is CC(C)c1cc(-c2ccccc2)cc(C(C)C)c1-n1ccnc1-c1[c-]cccc1.[Ir]. The van der Waals surface area contributed by atoms with E-state index in [4.69, 9.17) is 0 Å². The molecular weight excluding hydrogens is 545 g/mol. The van der Waals surface area contributed by atoms with Gasteiger partial charge >= 0.3 is 0 Å². The molecule has 0 unspecified atom stereocenters. The molecule has 1 radical (unpaired) electrons. The molecular formula is C27H27IrN2-. The van der Waals surface area contributed by atoms with Gasteiger partial charge in [-0.25, -0.2) is 0 Å². The Hall–Kier alpha value is -2.48.